The maximum Gasteiger partial charge on any atom is 0.230 e. The second kappa shape index (κ2) is 8.36. The van der Waals surface area contributed by atoms with E-state index in [0.29, 0.717) is 56.7 Å². The van der Waals surface area contributed by atoms with Crippen LogP contribution >= 0.6 is 12.4 Å². The van der Waals surface area contributed by atoms with Crippen LogP contribution in [0.5, 0.6) is 0 Å². The number of piperidine rings is 1. The number of carbonyl (C=O) groups is 1. The molecule has 2 heterocycles. The molecule has 114 valence electrons. The lowest BCUT2D eigenvalue weighted by Crippen LogP contribution is -2.35. The van der Waals surface area contributed by atoms with Gasteiger partial charge in [0, 0.05) is 39.0 Å². The maximum atomic E-state index is 11.3. The van der Waals surface area contributed by atoms with Gasteiger partial charge in [-0.2, -0.15) is 4.98 Å². The summed E-state index contributed by atoms with van der Waals surface area (Å²) in [5.74, 6) is 1.53. The fourth-order valence-electron chi connectivity index (χ4n) is 2.09. The Morgan fingerprint density at radius 3 is 2.38 bits per heavy atom. The van der Waals surface area contributed by atoms with Crippen molar-refractivity contribution in [3.05, 3.63) is 31.6 Å². The Hall–Kier alpha value is -1.95. The van der Waals surface area contributed by atoms with Gasteiger partial charge < -0.3 is 9.80 Å². The Morgan fingerprint density at radius 1 is 1.19 bits per heavy atom. The molecule has 0 spiro atoms. The van der Waals surface area contributed by atoms with Crippen molar-refractivity contribution in [1.29, 1.82) is 0 Å². The monoisotopic (exact) mass is 309 g/mol. The molecule has 1 saturated heterocycles. The number of Topliss-reactive ketones (excluding diaryl/α,β-unsaturated/α-hetero) is 1. The largest absolute Gasteiger partial charge is 0.340 e. The summed E-state index contributed by atoms with van der Waals surface area (Å²) in [5.41, 5.74) is 0. The van der Waals surface area contributed by atoms with Gasteiger partial charge in [-0.25, -0.2) is 9.97 Å². The number of ketones is 1. The predicted molar refractivity (Wildman–Crippen MR) is 86.1 cm³/mol. The topological polar surface area (TPSA) is 62.2 Å². The number of hydrogen-bond donors (Lipinski definition) is 0. The lowest BCUT2D eigenvalue weighted by molar-refractivity contribution is -0.119. The summed E-state index contributed by atoms with van der Waals surface area (Å²) in [7, 11) is 0. The summed E-state index contributed by atoms with van der Waals surface area (Å²) in [6.07, 6.45) is 6.22. The van der Waals surface area contributed by atoms with Crippen molar-refractivity contribution >= 4 is 30.1 Å². The Morgan fingerprint density at radius 2 is 1.81 bits per heavy atom. The Balaban J connectivity index is 0.00000220. The summed E-state index contributed by atoms with van der Waals surface area (Å²) in [6.45, 7) is 10.1. The SMILES string of the molecule is C=CCN(CC=C)c1ncnc(N2CCC(=O)CC2)n1.Cl. The van der Waals surface area contributed by atoms with Crippen molar-refractivity contribution in [2.24, 2.45) is 0 Å². The highest BCUT2D eigenvalue weighted by molar-refractivity contribution is 5.85. The highest BCUT2D eigenvalue weighted by atomic mass is 35.5. The van der Waals surface area contributed by atoms with Gasteiger partial charge in [0.2, 0.25) is 11.9 Å². The number of halogens is 1. The first-order valence-corrected chi connectivity index (χ1v) is 6.67. The molecule has 0 bridgehead atoms. The van der Waals surface area contributed by atoms with Crippen molar-refractivity contribution in [2.45, 2.75) is 12.8 Å². The Bertz CT molecular complexity index is 488. The second-order valence-electron chi connectivity index (χ2n) is 4.59. The molecule has 21 heavy (non-hydrogen) atoms. The van der Waals surface area contributed by atoms with Crippen LogP contribution in [-0.2, 0) is 4.79 Å². The predicted octanol–water partition coefficient (Wildman–Crippen LogP) is 1.64. The molecule has 0 atom stereocenters. The third kappa shape index (κ3) is 4.53. The molecule has 1 fully saturated rings. The number of hydrogen-bond acceptors (Lipinski definition) is 6. The first-order chi connectivity index (χ1) is 9.74. The molecule has 0 aliphatic carbocycles. The first kappa shape index (κ1) is 17.1. The van der Waals surface area contributed by atoms with Gasteiger partial charge in [0.25, 0.3) is 0 Å². The average molecular weight is 310 g/mol. The van der Waals surface area contributed by atoms with Crippen LogP contribution in [0.25, 0.3) is 0 Å². The van der Waals surface area contributed by atoms with Crippen LogP contribution in [0.15, 0.2) is 31.6 Å². The lowest BCUT2D eigenvalue weighted by Gasteiger charge is -2.27. The van der Waals surface area contributed by atoms with Crippen LogP contribution < -0.4 is 9.80 Å². The molecule has 0 aromatic carbocycles. The quantitative estimate of drug-likeness (QED) is 0.745. The number of aromatic nitrogens is 3. The molecule has 2 rings (SSSR count). The van der Waals surface area contributed by atoms with E-state index in [2.05, 4.69) is 28.1 Å². The smallest absolute Gasteiger partial charge is 0.230 e. The molecule has 6 nitrogen and oxygen atoms in total. The van der Waals surface area contributed by atoms with E-state index in [1.807, 2.05) is 9.80 Å². The molecular formula is C14H20ClN5O. The normalized spacial score (nSPS) is 14.3. The van der Waals surface area contributed by atoms with E-state index in [-0.39, 0.29) is 12.4 Å². The highest BCUT2D eigenvalue weighted by Crippen LogP contribution is 2.16. The van der Waals surface area contributed by atoms with Gasteiger partial charge in [0.05, 0.1) is 0 Å². The molecule has 1 aromatic heterocycles. The summed E-state index contributed by atoms with van der Waals surface area (Å²) in [6, 6.07) is 0. The summed E-state index contributed by atoms with van der Waals surface area (Å²) < 4.78 is 0. The van der Waals surface area contributed by atoms with Gasteiger partial charge >= 0.3 is 0 Å². The molecule has 7 heteroatoms. The van der Waals surface area contributed by atoms with Crippen molar-refractivity contribution in [2.75, 3.05) is 36.0 Å². The highest BCUT2D eigenvalue weighted by Gasteiger charge is 2.19. The molecule has 1 aliphatic heterocycles. The summed E-state index contributed by atoms with van der Waals surface area (Å²) >= 11 is 0. The Kier molecular flexibility index (Phi) is 6.81. The molecule has 1 aliphatic rings. The molecule has 0 saturated carbocycles. The number of anilines is 2. The average Bonchev–Trinajstić information content (AvgIpc) is 2.48. The number of rotatable bonds is 6. The molecular weight excluding hydrogens is 290 g/mol. The molecule has 0 amide bonds. The van der Waals surface area contributed by atoms with E-state index in [9.17, 15) is 4.79 Å². The number of carbonyl (C=O) groups excluding carboxylic acids is 1. The summed E-state index contributed by atoms with van der Waals surface area (Å²) in [4.78, 5) is 28.1. The minimum absolute atomic E-state index is 0. The van der Waals surface area contributed by atoms with E-state index < -0.39 is 0 Å². The molecule has 0 N–H and O–H groups in total. The zero-order valence-electron chi connectivity index (χ0n) is 11.9. The van der Waals surface area contributed by atoms with E-state index in [0.717, 1.165) is 0 Å². The molecule has 1 aromatic rings. The van der Waals surface area contributed by atoms with Gasteiger partial charge in [-0.15, -0.1) is 25.6 Å². The first-order valence-electron chi connectivity index (χ1n) is 6.67. The third-order valence-electron chi connectivity index (χ3n) is 3.13. The van der Waals surface area contributed by atoms with E-state index in [4.69, 9.17) is 0 Å². The van der Waals surface area contributed by atoms with Crippen LogP contribution in [-0.4, -0.2) is 46.9 Å². The van der Waals surface area contributed by atoms with Crippen molar-refractivity contribution in [3.8, 4) is 0 Å². The standard InChI is InChI=1S/C14H19N5O.ClH/c1-3-7-18(8-4-2)13-15-11-16-14(17-13)19-9-5-12(20)6-10-19;/h3-4,11H,1-2,5-10H2;1H. The van der Waals surface area contributed by atoms with Gasteiger partial charge in [-0.05, 0) is 0 Å². The van der Waals surface area contributed by atoms with E-state index >= 15 is 0 Å². The fraction of sp³-hybridized carbons (Fsp3) is 0.429. The lowest BCUT2D eigenvalue weighted by atomic mass is 10.1. The van der Waals surface area contributed by atoms with E-state index in [1.54, 1.807) is 12.2 Å². The Labute approximate surface area is 131 Å². The van der Waals surface area contributed by atoms with Crippen LogP contribution in [0.4, 0.5) is 11.9 Å². The van der Waals surface area contributed by atoms with Crippen molar-refractivity contribution in [1.82, 2.24) is 15.0 Å². The van der Waals surface area contributed by atoms with E-state index in [1.165, 1.54) is 6.33 Å². The van der Waals surface area contributed by atoms with Crippen LogP contribution in [0.1, 0.15) is 12.8 Å². The van der Waals surface area contributed by atoms with Crippen molar-refractivity contribution in [3.63, 3.8) is 0 Å². The van der Waals surface area contributed by atoms with Gasteiger partial charge in [0.15, 0.2) is 0 Å². The minimum Gasteiger partial charge on any atom is -0.340 e. The van der Waals surface area contributed by atoms with Crippen LogP contribution in [0.2, 0.25) is 0 Å². The van der Waals surface area contributed by atoms with Crippen molar-refractivity contribution < 1.29 is 4.79 Å². The maximum absolute atomic E-state index is 11.3. The fourth-order valence-corrected chi connectivity index (χ4v) is 2.09. The van der Waals surface area contributed by atoms with Gasteiger partial charge in [0.1, 0.15) is 12.1 Å². The van der Waals surface area contributed by atoms with Crippen LogP contribution in [0, 0.1) is 0 Å². The summed E-state index contributed by atoms with van der Waals surface area (Å²) in [5, 5.41) is 0. The zero-order valence-corrected chi connectivity index (χ0v) is 12.8. The molecule has 0 unspecified atom stereocenters. The third-order valence-corrected chi connectivity index (χ3v) is 3.13. The minimum atomic E-state index is 0. The number of nitrogens with zero attached hydrogens (tertiary/aromatic N) is 5. The van der Waals surface area contributed by atoms with Crippen LogP contribution in [0.3, 0.4) is 0 Å². The van der Waals surface area contributed by atoms with Gasteiger partial charge in [-0.3, -0.25) is 4.79 Å². The second-order valence-corrected chi connectivity index (χ2v) is 4.59. The zero-order chi connectivity index (χ0) is 14.4. The van der Waals surface area contributed by atoms with Gasteiger partial charge in [-0.1, -0.05) is 12.2 Å². The molecule has 0 radical (unpaired) electrons.